The first kappa shape index (κ1) is 12.0. The van der Waals surface area contributed by atoms with E-state index >= 15 is 0 Å². The van der Waals surface area contributed by atoms with Crippen molar-refractivity contribution in [2.24, 2.45) is 0 Å². The van der Waals surface area contributed by atoms with Crippen LogP contribution in [0.15, 0.2) is 40.9 Å². The van der Waals surface area contributed by atoms with Crippen LogP contribution < -0.4 is 5.73 Å². The zero-order valence-corrected chi connectivity index (χ0v) is 12.3. The number of fused-ring (bicyclic) bond motifs is 1. The molecule has 0 spiro atoms. The van der Waals surface area contributed by atoms with Gasteiger partial charge >= 0.3 is 0 Å². The van der Waals surface area contributed by atoms with Crippen LogP contribution in [0.4, 0.5) is 5.69 Å². The third-order valence-corrected chi connectivity index (χ3v) is 4.43. The third kappa shape index (κ3) is 2.11. The molecule has 3 aromatic rings. The van der Waals surface area contributed by atoms with Crippen LogP contribution in [0.5, 0.6) is 0 Å². The van der Waals surface area contributed by atoms with E-state index in [1.165, 1.54) is 0 Å². The maximum absolute atomic E-state index is 6.23. The average Bonchev–Trinajstić information content (AvgIpc) is 2.71. The first-order valence-electron chi connectivity index (χ1n) is 5.25. The van der Waals surface area contributed by atoms with Gasteiger partial charge in [-0.3, -0.25) is 0 Å². The minimum atomic E-state index is 0.691. The maximum Gasteiger partial charge on any atom is 0.126 e. The Kier molecular flexibility index (Phi) is 3.01. The molecule has 2 aromatic carbocycles. The highest BCUT2D eigenvalue weighted by atomic mass is 79.9. The minimum Gasteiger partial charge on any atom is -0.399 e. The molecule has 0 aliphatic carbocycles. The van der Waals surface area contributed by atoms with E-state index in [0.29, 0.717) is 5.02 Å². The van der Waals surface area contributed by atoms with Crippen molar-refractivity contribution in [1.29, 1.82) is 0 Å². The van der Waals surface area contributed by atoms with E-state index in [1.54, 1.807) is 11.3 Å². The molecule has 2 nitrogen and oxygen atoms in total. The molecule has 2 N–H and O–H groups in total. The minimum absolute atomic E-state index is 0.691. The van der Waals surface area contributed by atoms with E-state index in [0.717, 1.165) is 30.9 Å². The Balaban J connectivity index is 2.19. The summed E-state index contributed by atoms with van der Waals surface area (Å²) in [5.74, 6) is 0. The zero-order chi connectivity index (χ0) is 12.7. The van der Waals surface area contributed by atoms with Gasteiger partial charge in [-0.1, -0.05) is 27.5 Å². The summed E-state index contributed by atoms with van der Waals surface area (Å²) in [6.07, 6.45) is 0. The predicted molar refractivity (Wildman–Crippen MR) is 82.2 cm³/mol. The highest BCUT2D eigenvalue weighted by Crippen LogP contribution is 2.36. The lowest BCUT2D eigenvalue weighted by Gasteiger charge is -1.99. The van der Waals surface area contributed by atoms with Gasteiger partial charge in [0, 0.05) is 15.7 Å². The zero-order valence-electron chi connectivity index (χ0n) is 9.15. The lowest BCUT2D eigenvalue weighted by molar-refractivity contribution is 1.47. The van der Waals surface area contributed by atoms with Gasteiger partial charge in [-0.05, 0) is 36.4 Å². The average molecular weight is 340 g/mol. The van der Waals surface area contributed by atoms with E-state index in [-0.39, 0.29) is 0 Å². The van der Waals surface area contributed by atoms with Crippen molar-refractivity contribution in [2.45, 2.75) is 0 Å². The quantitative estimate of drug-likeness (QED) is 0.636. The predicted octanol–water partition coefficient (Wildman–Crippen LogP) is 4.96. The van der Waals surface area contributed by atoms with Crippen LogP contribution in [-0.2, 0) is 0 Å². The van der Waals surface area contributed by atoms with Crippen LogP contribution in [0.25, 0.3) is 20.8 Å². The van der Waals surface area contributed by atoms with Crippen LogP contribution in [0.3, 0.4) is 0 Å². The second-order valence-electron chi connectivity index (χ2n) is 3.87. The molecule has 0 aliphatic heterocycles. The van der Waals surface area contributed by atoms with E-state index in [2.05, 4.69) is 20.9 Å². The number of nitrogen functional groups attached to an aromatic ring is 1. The summed E-state index contributed by atoms with van der Waals surface area (Å²) in [6, 6.07) is 11.5. The molecular weight excluding hydrogens is 332 g/mol. The summed E-state index contributed by atoms with van der Waals surface area (Å²) >= 11 is 11.2. The Labute approximate surface area is 122 Å². The van der Waals surface area contributed by atoms with Crippen LogP contribution in [0.1, 0.15) is 0 Å². The third-order valence-electron chi connectivity index (χ3n) is 2.57. The first-order valence-corrected chi connectivity index (χ1v) is 7.24. The maximum atomic E-state index is 6.23. The van der Waals surface area contributed by atoms with Crippen molar-refractivity contribution in [2.75, 3.05) is 5.73 Å². The van der Waals surface area contributed by atoms with Gasteiger partial charge in [0.05, 0.1) is 15.2 Å². The Morgan fingerprint density at radius 1 is 1.17 bits per heavy atom. The Bertz CT molecular complexity index is 739. The monoisotopic (exact) mass is 338 g/mol. The number of thiazole rings is 1. The molecule has 0 saturated heterocycles. The molecule has 0 fully saturated rings. The number of nitrogens with two attached hydrogens (primary N) is 1. The largest absolute Gasteiger partial charge is 0.399 e. The molecule has 0 radical (unpaired) electrons. The van der Waals surface area contributed by atoms with Crippen molar-refractivity contribution < 1.29 is 0 Å². The van der Waals surface area contributed by atoms with E-state index in [1.807, 2.05) is 36.4 Å². The normalized spacial score (nSPS) is 11.0. The standard InChI is InChI=1S/C13H8BrClN2S/c14-7-1-3-9(10(15)5-7)13-17-11-4-2-8(16)6-12(11)18-13/h1-6H,16H2. The number of halogens is 2. The summed E-state index contributed by atoms with van der Waals surface area (Å²) in [7, 11) is 0. The lowest BCUT2D eigenvalue weighted by Crippen LogP contribution is -1.81. The fourth-order valence-corrected chi connectivity index (χ4v) is 3.59. The van der Waals surface area contributed by atoms with Gasteiger partial charge in [0.2, 0.25) is 0 Å². The van der Waals surface area contributed by atoms with Gasteiger partial charge in [0.25, 0.3) is 0 Å². The van der Waals surface area contributed by atoms with Crippen molar-refractivity contribution in [3.05, 3.63) is 45.9 Å². The van der Waals surface area contributed by atoms with Crippen molar-refractivity contribution >= 4 is 54.8 Å². The molecule has 0 bridgehead atoms. The van der Waals surface area contributed by atoms with Crippen LogP contribution in [0, 0.1) is 0 Å². The lowest BCUT2D eigenvalue weighted by atomic mass is 10.2. The Morgan fingerprint density at radius 3 is 2.78 bits per heavy atom. The molecule has 1 heterocycles. The highest BCUT2D eigenvalue weighted by Gasteiger charge is 2.10. The smallest absolute Gasteiger partial charge is 0.126 e. The molecule has 0 amide bonds. The van der Waals surface area contributed by atoms with Crippen molar-refractivity contribution in [3.63, 3.8) is 0 Å². The molecule has 0 aliphatic rings. The van der Waals surface area contributed by atoms with E-state index in [4.69, 9.17) is 17.3 Å². The molecule has 3 rings (SSSR count). The Morgan fingerprint density at radius 2 is 2.00 bits per heavy atom. The van der Waals surface area contributed by atoms with E-state index < -0.39 is 0 Å². The van der Waals surface area contributed by atoms with E-state index in [9.17, 15) is 0 Å². The molecular formula is C13H8BrClN2S. The summed E-state index contributed by atoms with van der Waals surface area (Å²) in [5.41, 5.74) is 8.41. The molecule has 1 aromatic heterocycles. The molecule has 5 heteroatoms. The molecule has 0 unspecified atom stereocenters. The number of benzene rings is 2. The fourth-order valence-electron chi connectivity index (χ4n) is 1.72. The number of anilines is 1. The van der Waals surface area contributed by atoms with Gasteiger partial charge in [0.15, 0.2) is 0 Å². The molecule has 18 heavy (non-hydrogen) atoms. The summed E-state index contributed by atoms with van der Waals surface area (Å²) in [4.78, 5) is 4.58. The second kappa shape index (κ2) is 4.53. The second-order valence-corrected chi connectivity index (χ2v) is 6.22. The van der Waals surface area contributed by atoms with Gasteiger partial charge in [-0.25, -0.2) is 4.98 Å². The van der Waals surface area contributed by atoms with Crippen molar-refractivity contribution in [1.82, 2.24) is 4.98 Å². The Hall–Kier alpha value is -1.10. The van der Waals surface area contributed by atoms with Crippen LogP contribution >= 0.6 is 38.9 Å². The summed E-state index contributed by atoms with van der Waals surface area (Å²) in [6.45, 7) is 0. The SMILES string of the molecule is Nc1ccc2nc(-c3ccc(Br)cc3Cl)sc2c1. The van der Waals surface area contributed by atoms with Crippen molar-refractivity contribution in [3.8, 4) is 10.6 Å². The number of hydrogen-bond acceptors (Lipinski definition) is 3. The molecule has 0 atom stereocenters. The summed E-state index contributed by atoms with van der Waals surface area (Å²) in [5, 5.41) is 1.60. The highest BCUT2D eigenvalue weighted by molar-refractivity contribution is 9.10. The van der Waals surface area contributed by atoms with Gasteiger partial charge in [0.1, 0.15) is 5.01 Å². The molecule has 90 valence electrons. The molecule has 0 saturated carbocycles. The number of aromatic nitrogens is 1. The fraction of sp³-hybridized carbons (Fsp3) is 0. The van der Waals surface area contributed by atoms with Crippen LogP contribution in [0.2, 0.25) is 5.02 Å². The van der Waals surface area contributed by atoms with Gasteiger partial charge < -0.3 is 5.73 Å². The van der Waals surface area contributed by atoms with Gasteiger partial charge in [-0.2, -0.15) is 0 Å². The van der Waals surface area contributed by atoms with Crippen LogP contribution in [-0.4, -0.2) is 4.98 Å². The number of rotatable bonds is 1. The van der Waals surface area contributed by atoms with Gasteiger partial charge in [-0.15, -0.1) is 11.3 Å². The topological polar surface area (TPSA) is 38.9 Å². The first-order chi connectivity index (χ1) is 8.63. The number of nitrogens with zero attached hydrogens (tertiary/aromatic N) is 1. The number of hydrogen-bond donors (Lipinski definition) is 1. The summed E-state index contributed by atoms with van der Waals surface area (Å²) < 4.78 is 2.03.